The summed E-state index contributed by atoms with van der Waals surface area (Å²) in [4.78, 5) is 0. The van der Waals surface area contributed by atoms with Crippen molar-refractivity contribution in [3.05, 3.63) is 91.0 Å². The van der Waals surface area contributed by atoms with E-state index in [1.165, 1.54) is 47.5 Å². The first kappa shape index (κ1) is 27.1. The first-order valence-corrected chi connectivity index (χ1v) is 13.6. The van der Waals surface area contributed by atoms with E-state index in [9.17, 15) is 0 Å². The molecule has 0 aliphatic heterocycles. The van der Waals surface area contributed by atoms with E-state index in [1.54, 1.807) is 0 Å². The molecule has 1 nitrogen and oxygen atoms in total. The van der Waals surface area contributed by atoms with Crippen molar-refractivity contribution < 1.29 is 0 Å². The second-order valence-corrected chi connectivity index (χ2v) is 7.70. The molecular weight excluding hydrogens is 430 g/mol. The lowest BCUT2D eigenvalue weighted by Crippen LogP contribution is -1.87. The second-order valence-electron chi connectivity index (χ2n) is 6.62. The average molecular weight is 470 g/mol. The maximum atomic E-state index is 2.44. The van der Waals surface area contributed by atoms with Crippen LogP contribution < -0.4 is 0 Å². The molecule has 0 spiro atoms. The van der Waals surface area contributed by atoms with Crippen LogP contribution in [-0.2, 0) is 0 Å². The summed E-state index contributed by atoms with van der Waals surface area (Å²) in [5.74, 6) is 0. The standard InChI is InChI=1S/C24H15NS.4C2H6/c1-3-12-20-16(8-1)18-10-7-11-19-17-9-2-5-14-22(17)26-23-15-6-4-13-21(23)25(20)24(18)19;4*1-2/h1-15H;4*1-2H3. The van der Waals surface area contributed by atoms with Crippen LogP contribution >= 0.6 is 11.3 Å². The number of benzene rings is 4. The van der Waals surface area contributed by atoms with Gasteiger partial charge in [-0.05, 0) is 24.3 Å². The van der Waals surface area contributed by atoms with Gasteiger partial charge < -0.3 is 4.40 Å². The SMILES string of the molecule is CC.CC.CC.CC.c1ccc2c(c1)sc1ccccc1n1c3ccccc3c3cccc2c31. The van der Waals surface area contributed by atoms with Gasteiger partial charge in [-0.15, -0.1) is 11.3 Å². The molecule has 0 N–H and O–H groups in total. The monoisotopic (exact) mass is 469 g/mol. The van der Waals surface area contributed by atoms with E-state index in [-0.39, 0.29) is 0 Å². The molecule has 2 heteroatoms. The average Bonchev–Trinajstić information content (AvgIpc) is 3.27. The molecule has 0 atom stereocenters. The highest BCUT2D eigenvalue weighted by Gasteiger charge is 2.13. The highest BCUT2D eigenvalue weighted by molar-refractivity contribution is 7.24. The molecule has 6 aromatic rings. The van der Waals surface area contributed by atoms with Crippen LogP contribution in [0.1, 0.15) is 55.4 Å². The lowest BCUT2D eigenvalue weighted by Gasteiger charge is -2.07. The molecule has 0 aliphatic carbocycles. The van der Waals surface area contributed by atoms with E-state index in [0.29, 0.717) is 0 Å². The molecule has 0 unspecified atom stereocenters. The van der Waals surface area contributed by atoms with Gasteiger partial charge in [0.25, 0.3) is 0 Å². The molecule has 0 bridgehead atoms. The summed E-state index contributed by atoms with van der Waals surface area (Å²) in [6, 6.07) is 32.9. The van der Waals surface area contributed by atoms with Gasteiger partial charge in [0.2, 0.25) is 0 Å². The fourth-order valence-corrected chi connectivity index (χ4v) is 5.19. The quantitative estimate of drug-likeness (QED) is 0.208. The van der Waals surface area contributed by atoms with Gasteiger partial charge in [-0.1, -0.05) is 122 Å². The van der Waals surface area contributed by atoms with Gasteiger partial charge in [0.15, 0.2) is 0 Å². The first-order valence-electron chi connectivity index (χ1n) is 12.8. The van der Waals surface area contributed by atoms with Crippen molar-refractivity contribution in [3.8, 4) is 0 Å². The highest BCUT2D eigenvalue weighted by Crippen LogP contribution is 2.37. The molecule has 0 saturated heterocycles. The van der Waals surface area contributed by atoms with Crippen LogP contribution in [0.3, 0.4) is 0 Å². The van der Waals surface area contributed by atoms with E-state index in [2.05, 4.69) is 95.4 Å². The van der Waals surface area contributed by atoms with Crippen molar-refractivity contribution in [1.29, 1.82) is 0 Å². The third-order valence-corrected chi connectivity index (χ3v) is 6.34. The number of rotatable bonds is 0. The minimum atomic E-state index is 1.26. The van der Waals surface area contributed by atoms with E-state index in [0.717, 1.165) is 0 Å². The molecule has 178 valence electrons. The lowest BCUT2D eigenvalue weighted by atomic mass is 10.1. The maximum absolute atomic E-state index is 2.44. The predicted molar refractivity (Wildman–Crippen MR) is 160 cm³/mol. The normalized spacial score (nSPS) is 9.76. The van der Waals surface area contributed by atoms with Gasteiger partial charge in [0, 0.05) is 26.2 Å². The van der Waals surface area contributed by atoms with Crippen LogP contribution in [-0.4, -0.2) is 4.40 Å². The Morgan fingerprint density at radius 3 is 1.50 bits per heavy atom. The molecule has 0 amide bonds. The third-order valence-electron chi connectivity index (χ3n) is 5.20. The number of hydrogen-bond acceptors (Lipinski definition) is 1. The van der Waals surface area contributed by atoms with E-state index >= 15 is 0 Å². The molecule has 2 aromatic heterocycles. The second kappa shape index (κ2) is 13.6. The largest absolute Gasteiger partial charge is 0.307 e. The summed E-state index contributed by atoms with van der Waals surface area (Å²) in [6.07, 6.45) is 0. The number of para-hydroxylation sites is 3. The van der Waals surface area contributed by atoms with Crippen LogP contribution in [0, 0.1) is 0 Å². The predicted octanol–water partition coefficient (Wildman–Crippen LogP) is 11.3. The van der Waals surface area contributed by atoms with Gasteiger partial charge >= 0.3 is 0 Å². The molecule has 4 aromatic carbocycles. The van der Waals surface area contributed by atoms with Crippen LogP contribution in [0.2, 0.25) is 0 Å². The Bertz CT molecular complexity index is 1480. The summed E-state index contributed by atoms with van der Waals surface area (Å²) in [7, 11) is 0. The van der Waals surface area contributed by atoms with E-state index in [1.807, 2.05) is 66.7 Å². The van der Waals surface area contributed by atoms with E-state index in [4.69, 9.17) is 0 Å². The molecule has 0 radical (unpaired) electrons. The zero-order chi connectivity index (χ0) is 25.1. The molecule has 0 fully saturated rings. The van der Waals surface area contributed by atoms with Crippen molar-refractivity contribution in [2.24, 2.45) is 0 Å². The summed E-state index contributed by atoms with van der Waals surface area (Å²) in [5, 5.41) is 5.23. The zero-order valence-electron chi connectivity index (χ0n) is 22.0. The Kier molecular flexibility index (Phi) is 10.8. The Morgan fingerprint density at radius 2 is 0.853 bits per heavy atom. The Morgan fingerprint density at radius 1 is 0.412 bits per heavy atom. The van der Waals surface area contributed by atoms with Crippen LogP contribution in [0.5, 0.6) is 0 Å². The summed E-state index contributed by atoms with van der Waals surface area (Å²) < 4.78 is 5.04. The van der Waals surface area contributed by atoms with Crippen molar-refractivity contribution in [1.82, 2.24) is 4.40 Å². The minimum Gasteiger partial charge on any atom is -0.307 e. The van der Waals surface area contributed by atoms with Crippen LogP contribution in [0.15, 0.2) is 91.0 Å². The van der Waals surface area contributed by atoms with Crippen LogP contribution in [0.25, 0.3) is 47.5 Å². The number of hydrogen-bond donors (Lipinski definition) is 0. The smallest absolute Gasteiger partial charge is 0.0634 e. The van der Waals surface area contributed by atoms with E-state index < -0.39 is 0 Å². The highest BCUT2D eigenvalue weighted by atomic mass is 32.1. The summed E-state index contributed by atoms with van der Waals surface area (Å²) in [6.45, 7) is 16.0. The van der Waals surface area contributed by atoms with Crippen molar-refractivity contribution in [2.75, 3.05) is 0 Å². The zero-order valence-corrected chi connectivity index (χ0v) is 22.8. The number of aromatic nitrogens is 1. The van der Waals surface area contributed by atoms with Crippen LogP contribution in [0.4, 0.5) is 0 Å². The van der Waals surface area contributed by atoms with Gasteiger partial charge in [-0.25, -0.2) is 0 Å². The molecular formula is C32H39NS. The molecule has 0 saturated carbocycles. The van der Waals surface area contributed by atoms with Gasteiger partial charge in [0.1, 0.15) is 0 Å². The van der Waals surface area contributed by atoms with Gasteiger partial charge in [-0.2, -0.15) is 0 Å². The molecule has 34 heavy (non-hydrogen) atoms. The Hall–Kier alpha value is -3.10. The maximum Gasteiger partial charge on any atom is 0.0634 e. The van der Waals surface area contributed by atoms with Crippen molar-refractivity contribution in [2.45, 2.75) is 55.4 Å². The minimum absolute atomic E-state index is 1.26. The number of fused-ring (bicyclic) bond motifs is 7. The summed E-state index contributed by atoms with van der Waals surface area (Å²) >= 11 is 1.86. The van der Waals surface area contributed by atoms with Crippen molar-refractivity contribution >= 4 is 58.8 Å². The number of nitrogens with zero attached hydrogens (tertiary/aromatic N) is 1. The molecule has 6 rings (SSSR count). The lowest BCUT2D eigenvalue weighted by molar-refractivity contribution is 1.36. The fourth-order valence-electron chi connectivity index (χ4n) is 4.11. The molecule has 2 heterocycles. The third kappa shape index (κ3) is 4.88. The fraction of sp³-hybridized carbons (Fsp3) is 0.250. The summed E-state index contributed by atoms with van der Waals surface area (Å²) in [5.41, 5.74) is 3.82. The van der Waals surface area contributed by atoms with Gasteiger partial charge in [0.05, 0.1) is 21.3 Å². The Balaban J connectivity index is 0.000000467. The van der Waals surface area contributed by atoms with Gasteiger partial charge in [-0.3, -0.25) is 0 Å². The Labute approximate surface area is 209 Å². The first-order chi connectivity index (χ1) is 16.9. The van der Waals surface area contributed by atoms with Crippen molar-refractivity contribution in [3.63, 3.8) is 0 Å². The molecule has 0 aliphatic rings. The topological polar surface area (TPSA) is 4.41 Å².